The first-order valence-electron chi connectivity index (χ1n) is 9.08. The predicted octanol–water partition coefficient (Wildman–Crippen LogP) is 1.66. The number of nitrogens with zero attached hydrogens (tertiary/aromatic N) is 1. The van der Waals surface area contributed by atoms with Crippen LogP contribution in [-0.4, -0.2) is 66.2 Å². The van der Waals surface area contributed by atoms with Gasteiger partial charge in [0.05, 0.1) is 18.8 Å². The van der Waals surface area contributed by atoms with Crippen LogP contribution in [0, 0.1) is 0 Å². The van der Waals surface area contributed by atoms with E-state index in [9.17, 15) is 9.90 Å². The fourth-order valence-corrected chi connectivity index (χ4v) is 3.81. The van der Waals surface area contributed by atoms with Gasteiger partial charge < -0.3 is 24.4 Å². The van der Waals surface area contributed by atoms with Gasteiger partial charge in [-0.3, -0.25) is 4.90 Å². The third kappa shape index (κ3) is 4.28. The topological polar surface area (TPSA) is 88.5 Å². The summed E-state index contributed by atoms with van der Waals surface area (Å²) >= 11 is 0. The lowest BCUT2D eigenvalue weighted by molar-refractivity contribution is -0.177. The van der Waals surface area contributed by atoms with Crippen LogP contribution in [0.25, 0.3) is 0 Å². The summed E-state index contributed by atoms with van der Waals surface area (Å²) in [6, 6.07) is 5.59. The Morgan fingerprint density at radius 1 is 1.35 bits per heavy atom. The Labute approximate surface area is 153 Å². The molecule has 26 heavy (non-hydrogen) atoms. The first kappa shape index (κ1) is 18.9. The van der Waals surface area contributed by atoms with E-state index >= 15 is 0 Å². The lowest BCUT2D eigenvalue weighted by Gasteiger charge is -2.46. The van der Waals surface area contributed by atoms with E-state index in [2.05, 4.69) is 4.90 Å². The number of aliphatic hydroxyl groups is 1. The Balaban J connectivity index is 1.61. The minimum absolute atomic E-state index is 0.365. The van der Waals surface area contributed by atoms with Gasteiger partial charge in [0.25, 0.3) is 0 Å². The van der Waals surface area contributed by atoms with Crippen molar-refractivity contribution in [3.8, 4) is 11.5 Å². The molecule has 3 rings (SSSR count). The van der Waals surface area contributed by atoms with Crippen LogP contribution in [-0.2, 0) is 16.1 Å². The molecule has 0 aromatic heterocycles. The lowest BCUT2D eigenvalue weighted by atomic mass is 9.82. The van der Waals surface area contributed by atoms with Gasteiger partial charge in [0, 0.05) is 26.2 Å². The van der Waals surface area contributed by atoms with Gasteiger partial charge in [0.15, 0.2) is 18.1 Å². The minimum atomic E-state index is -1.02. The summed E-state index contributed by atoms with van der Waals surface area (Å²) in [5, 5.41) is 19.1. The molecule has 2 aliphatic rings. The molecular weight excluding hydrogens is 338 g/mol. The highest BCUT2D eigenvalue weighted by Crippen LogP contribution is 2.36. The van der Waals surface area contributed by atoms with E-state index in [1.54, 1.807) is 6.07 Å². The molecule has 1 atom stereocenters. The van der Waals surface area contributed by atoms with Crippen molar-refractivity contribution >= 4 is 5.97 Å². The number of benzene rings is 1. The van der Waals surface area contributed by atoms with Gasteiger partial charge in [-0.25, -0.2) is 4.79 Å². The second kappa shape index (κ2) is 8.24. The Bertz CT molecular complexity index is 626. The SMILES string of the molecule is COc1ccc(CN2CCC3(CC2)OCCC[C@@H]3O)cc1OCC(=O)O. The smallest absolute Gasteiger partial charge is 0.341 e. The van der Waals surface area contributed by atoms with E-state index in [0.717, 1.165) is 57.5 Å². The number of piperidine rings is 1. The molecule has 2 N–H and O–H groups in total. The zero-order valence-corrected chi connectivity index (χ0v) is 15.1. The summed E-state index contributed by atoms with van der Waals surface area (Å²) in [6.45, 7) is 2.78. The number of carboxylic acids is 1. The number of aliphatic carboxylic acids is 1. The Morgan fingerprint density at radius 3 is 2.77 bits per heavy atom. The molecule has 7 nitrogen and oxygen atoms in total. The van der Waals surface area contributed by atoms with E-state index in [-0.39, 0.29) is 11.7 Å². The van der Waals surface area contributed by atoms with Crippen LogP contribution in [0.15, 0.2) is 18.2 Å². The molecule has 7 heteroatoms. The molecule has 2 fully saturated rings. The molecule has 2 aliphatic heterocycles. The maximum Gasteiger partial charge on any atom is 0.341 e. The van der Waals surface area contributed by atoms with Crippen molar-refractivity contribution in [2.75, 3.05) is 33.4 Å². The summed E-state index contributed by atoms with van der Waals surface area (Å²) in [4.78, 5) is 13.1. The fourth-order valence-electron chi connectivity index (χ4n) is 3.81. The first-order valence-corrected chi connectivity index (χ1v) is 9.08. The maximum atomic E-state index is 10.7. The number of hydrogen-bond acceptors (Lipinski definition) is 6. The fraction of sp³-hybridized carbons (Fsp3) is 0.632. The molecule has 1 aromatic carbocycles. The highest BCUT2D eigenvalue weighted by Gasteiger charge is 2.43. The third-order valence-electron chi connectivity index (χ3n) is 5.31. The summed E-state index contributed by atoms with van der Waals surface area (Å²) < 4.78 is 16.5. The highest BCUT2D eigenvalue weighted by molar-refractivity contribution is 5.68. The van der Waals surface area contributed by atoms with Crippen molar-refractivity contribution < 1.29 is 29.2 Å². The average molecular weight is 365 g/mol. The minimum Gasteiger partial charge on any atom is -0.493 e. The summed E-state index contributed by atoms with van der Waals surface area (Å²) in [5.41, 5.74) is 0.664. The Hall–Kier alpha value is -1.83. The van der Waals surface area contributed by atoms with Crippen LogP contribution >= 0.6 is 0 Å². The van der Waals surface area contributed by atoms with Gasteiger partial charge in [-0.2, -0.15) is 0 Å². The third-order valence-corrected chi connectivity index (χ3v) is 5.31. The van der Waals surface area contributed by atoms with E-state index in [1.807, 2.05) is 12.1 Å². The van der Waals surface area contributed by atoms with Crippen LogP contribution in [0.5, 0.6) is 11.5 Å². The van der Waals surface area contributed by atoms with Crippen molar-refractivity contribution in [1.29, 1.82) is 0 Å². The van der Waals surface area contributed by atoms with Gasteiger partial charge in [0.1, 0.15) is 0 Å². The van der Waals surface area contributed by atoms with Gasteiger partial charge in [0.2, 0.25) is 0 Å². The molecule has 0 aliphatic carbocycles. The number of rotatable bonds is 6. The van der Waals surface area contributed by atoms with Gasteiger partial charge >= 0.3 is 5.97 Å². The van der Waals surface area contributed by atoms with Crippen molar-refractivity contribution in [1.82, 2.24) is 4.90 Å². The normalized spacial score (nSPS) is 22.9. The van der Waals surface area contributed by atoms with Crippen LogP contribution in [0.3, 0.4) is 0 Å². The molecule has 1 aromatic rings. The van der Waals surface area contributed by atoms with Crippen LogP contribution in [0.2, 0.25) is 0 Å². The molecule has 0 amide bonds. The quantitative estimate of drug-likeness (QED) is 0.793. The van der Waals surface area contributed by atoms with Crippen molar-refractivity contribution in [3.05, 3.63) is 23.8 Å². The molecule has 0 saturated carbocycles. The Kier molecular flexibility index (Phi) is 6.01. The molecule has 0 radical (unpaired) electrons. The number of carbonyl (C=O) groups is 1. The number of ether oxygens (including phenoxy) is 3. The van der Waals surface area contributed by atoms with Crippen LogP contribution < -0.4 is 9.47 Å². The van der Waals surface area contributed by atoms with E-state index in [4.69, 9.17) is 19.3 Å². The summed E-state index contributed by atoms with van der Waals surface area (Å²) in [5.74, 6) is -0.0666. The van der Waals surface area contributed by atoms with Gasteiger partial charge in [-0.15, -0.1) is 0 Å². The van der Waals surface area contributed by atoms with Crippen molar-refractivity contribution in [2.24, 2.45) is 0 Å². The van der Waals surface area contributed by atoms with Crippen LogP contribution in [0.4, 0.5) is 0 Å². The number of likely N-dealkylation sites (tertiary alicyclic amines) is 1. The Morgan fingerprint density at radius 2 is 2.12 bits per heavy atom. The van der Waals surface area contributed by atoms with Crippen molar-refractivity contribution in [2.45, 2.75) is 43.9 Å². The van der Waals surface area contributed by atoms with Crippen LogP contribution in [0.1, 0.15) is 31.2 Å². The largest absolute Gasteiger partial charge is 0.493 e. The predicted molar refractivity (Wildman–Crippen MR) is 94.6 cm³/mol. The first-order chi connectivity index (χ1) is 12.5. The number of methoxy groups -OCH3 is 1. The molecular formula is C19H27NO6. The number of hydrogen-bond donors (Lipinski definition) is 2. The van der Waals surface area contributed by atoms with Gasteiger partial charge in [-0.05, 0) is 43.4 Å². The number of carboxylic acid groups (broad SMARTS) is 1. The summed E-state index contributed by atoms with van der Waals surface area (Å²) in [7, 11) is 1.53. The molecule has 0 unspecified atom stereocenters. The molecule has 0 bridgehead atoms. The summed E-state index contributed by atoms with van der Waals surface area (Å²) in [6.07, 6.45) is 3.04. The average Bonchev–Trinajstić information content (AvgIpc) is 2.64. The zero-order chi connectivity index (χ0) is 18.6. The second-order valence-corrected chi connectivity index (χ2v) is 7.02. The molecule has 2 saturated heterocycles. The van der Waals surface area contributed by atoms with E-state index in [0.29, 0.717) is 11.5 Å². The second-order valence-electron chi connectivity index (χ2n) is 7.02. The zero-order valence-electron chi connectivity index (χ0n) is 15.1. The standard InChI is InChI=1S/C19H27NO6/c1-24-15-5-4-14(11-16(15)25-13-18(22)23)12-20-8-6-19(7-9-20)17(21)3-2-10-26-19/h4-5,11,17,21H,2-3,6-10,12-13H2,1H3,(H,22,23)/t17-/m0/s1. The van der Waals surface area contributed by atoms with E-state index < -0.39 is 12.6 Å². The molecule has 144 valence electrons. The molecule has 2 heterocycles. The monoisotopic (exact) mass is 365 g/mol. The van der Waals surface area contributed by atoms with Gasteiger partial charge in [-0.1, -0.05) is 6.07 Å². The van der Waals surface area contributed by atoms with Crippen molar-refractivity contribution in [3.63, 3.8) is 0 Å². The lowest BCUT2D eigenvalue weighted by Crippen LogP contribution is -2.55. The van der Waals surface area contributed by atoms with E-state index in [1.165, 1.54) is 7.11 Å². The molecule has 1 spiro atoms. The maximum absolute atomic E-state index is 10.7. The highest BCUT2D eigenvalue weighted by atomic mass is 16.5. The number of aliphatic hydroxyl groups excluding tert-OH is 1.